The molecule has 0 unspecified atom stereocenters. The van der Waals surface area contributed by atoms with Crippen molar-refractivity contribution in [2.45, 2.75) is 52.4 Å². The number of ether oxygens (including phenoxy) is 2. The lowest BCUT2D eigenvalue weighted by atomic mass is 9.87. The average Bonchev–Trinajstić information content (AvgIpc) is 3.28. The lowest BCUT2D eigenvalue weighted by Crippen LogP contribution is -2.14. The van der Waals surface area contributed by atoms with E-state index in [1.807, 2.05) is 36.4 Å². The van der Waals surface area contributed by atoms with Crippen LogP contribution in [0.5, 0.6) is 23.0 Å². The van der Waals surface area contributed by atoms with Crippen molar-refractivity contribution in [3.05, 3.63) is 216 Å². The molecule has 68 heavy (non-hydrogen) atoms. The molecule has 0 atom stereocenters. The van der Waals surface area contributed by atoms with Crippen molar-refractivity contribution >= 4 is 66.4 Å². The third-order valence-corrected chi connectivity index (χ3v) is 12.4. The molecule has 0 bridgehead atoms. The number of nitrogens with zero attached hydrogens (tertiary/aromatic N) is 2. The van der Waals surface area contributed by atoms with Gasteiger partial charge in [0.2, 0.25) is 0 Å². The fraction of sp³-hybridized carbons (Fsp3) is 0.133. The Balaban J connectivity index is 1.15. The summed E-state index contributed by atoms with van der Waals surface area (Å²) in [6.45, 7) is 13.1. The van der Waals surface area contributed by atoms with Gasteiger partial charge in [-0.05, 0) is 104 Å². The van der Waals surface area contributed by atoms with E-state index in [2.05, 4.69) is 148 Å². The van der Waals surface area contributed by atoms with E-state index in [1.54, 1.807) is 12.1 Å². The highest BCUT2D eigenvalue weighted by Crippen LogP contribution is 2.48. The minimum Gasteiger partial charge on any atom is -0.457 e. The summed E-state index contributed by atoms with van der Waals surface area (Å²) in [5.41, 5.74) is 7.47. The number of rotatable bonds is 10. The summed E-state index contributed by atoms with van der Waals surface area (Å²) in [4.78, 5) is 4.38. The van der Waals surface area contributed by atoms with Crippen LogP contribution in [0.25, 0.3) is 32.3 Å². The predicted molar refractivity (Wildman–Crippen MR) is 270 cm³/mol. The van der Waals surface area contributed by atoms with Crippen molar-refractivity contribution in [3.63, 3.8) is 0 Å². The molecule has 0 spiro atoms. The summed E-state index contributed by atoms with van der Waals surface area (Å²) < 4.78 is 69.2. The first-order chi connectivity index (χ1) is 32.6. The van der Waals surface area contributed by atoms with Crippen LogP contribution in [-0.2, 0) is 10.8 Å². The maximum atomic E-state index is 14.3. The molecule has 0 heterocycles. The Kier molecular flexibility index (Phi) is 11.1. The molecule has 0 aliphatic heterocycles. The first-order valence-corrected chi connectivity index (χ1v) is 22.6. The molecule has 10 rings (SSSR count). The Morgan fingerprint density at radius 1 is 0.338 bits per heavy atom. The monoisotopic (exact) mass is 904 g/mol. The lowest BCUT2D eigenvalue weighted by Gasteiger charge is -2.30. The van der Waals surface area contributed by atoms with E-state index in [9.17, 15) is 17.6 Å². The molecule has 0 fully saturated rings. The molecule has 0 N–H and O–H groups in total. The number of benzene rings is 10. The van der Waals surface area contributed by atoms with E-state index in [0.29, 0.717) is 11.5 Å². The summed E-state index contributed by atoms with van der Waals surface area (Å²) in [6.07, 6.45) is 0. The Hall–Kier alpha value is -7.84. The van der Waals surface area contributed by atoms with Gasteiger partial charge in [-0.25, -0.2) is 17.6 Å². The van der Waals surface area contributed by atoms with Gasteiger partial charge >= 0.3 is 0 Å². The minimum absolute atomic E-state index is 0.0553. The van der Waals surface area contributed by atoms with Crippen LogP contribution in [0.15, 0.2) is 182 Å². The molecular weight excluding hydrogens is 857 g/mol. The van der Waals surface area contributed by atoms with Crippen molar-refractivity contribution in [3.8, 4) is 23.0 Å². The third-order valence-electron chi connectivity index (χ3n) is 12.4. The first kappa shape index (κ1) is 44.0. The number of halogens is 4. The molecule has 0 aliphatic rings. The largest absolute Gasteiger partial charge is 0.457 e. The molecule has 4 nitrogen and oxygen atoms in total. The number of anilines is 6. The van der Waals surface area contributed by atoms with Gasteiger partial charge in [0.25, 0.3) is 0 Å². The highest BCUT2D eigenvalue weighted by Gasteiger charge is 2.24. The first-order valence-electron chi connectivity index (χ1n) is 22.6. The molecule has 0 aliphatic carbocycles. The van der Waals surface area contributed by atoms with E-state index in [-0.39, 0.29) is 22.3 Å². The summed E-state index contributed by atoms with van der Waals surface area (Å²) >= 11 is 0. The molecular formula is C60H48F4N2O2. The Morgan fingerprint density at radius 2 is 0.691 bits per heavy atom. The van der Waals surface area contributed by atoms with Gasteiger partial charge in [-0.2, -0.15) is 0 Å². The quantitative estimate of drug-likeness (QED) is 0.101. The van der Waals surface area contributed by atoms with Crippen LogP contribution in [0.4, 0.5) is 51.7 Å². The van der Waals surface area contributed by atoms with Gasteiger partial charge in [0.15, 0.2) is 0 Å². The van der Waals surface area contributed by atoms with E-state index in [4.69, 9.17) is 9.47 Å². The van der Waals surface area contributed by atoms with Crippen LogP contribution < -0.4 is 19.3 Å². The van der Waals surface area contributed by atoms with Crippen LogP contribution in [0.1, 0.15) is 52.7 Å². The van der Waals surface area contributed by atoms with Gasteiger partial charge in [0, 0.05) is 82.1 Å². The second kappa shape index (κ2) is 17.1. The van der Waals surface area contributed by atoms with Gasteiger partial charge in [-0.3, -0.25) is 0 Å². The molecule has 0 saturated carbocycles. The molecule has 10 aromatic carbocycles. The van der Waals surface area contributed by atoms with Crippen molar-refractivity contribution in [1.82, 2.24) is 0 Å². The SMILES string of the molecule is CC(C)(C)c1ccc(N(c2cccc(Oc3cc(F)cc(F)c3)c2)c2ccc3ccc4c(N(c5ccc(C(C)(C)C)cc5)c5cccc(Oc6cc(F)cc(F)c6)c5)ccc5ccc2c3c54)cc1. The van der Waals surface area contributed by atoms with Crippen molar-refractivity contribution in [2.75, 3.05) is 9.80 Å². The van der Waals surface area contributed by atoms with E-state index in [1.165, 1.54) is 11.1 Å². The highest BCUT2D eigenvalue weighted by molar-refractivity contribution is 6.28. The predicted octanol–water partition coefficient (Wildman–Crippen LogP) is 18.3. The molecule has 0 amide bonds. The van der Waals surface area contributed by atoms with Gasteiger partial charge < -0.3 is 19.3 Å². The summed E-state index contributed by atoms with van der Waals surface area (Å²) in [6, 6.07) is 55.6. The maximum absolute atomic E-state index is 14.3. The van der Waals surface area contributed by atoms with E-state index >= 15 is 0 Å². The Morgan fingerprint density at radius 3 is 1.04 bits per heavy atom. The standard InChI is InChI=1S/C60H48F4N2O2/c1-59(2,3)39-17-21-45(22-18-39)65(47-9-7-11-49(35-47)67-51-31-41(61)29-42(62)32-51)55-27-15-37-14-26-54-56(28-16-38-13-25-53(55)57(37)58(38)54)66(46-23-19-40(20-24-46)60(4,5)6)48-10-8-12-50(36-48)68-52-33-43(63)30-44(64)34-52/h7-36H,1-6H3. The summed E-state index contributed by atoms with van der Waals surface area (Å²) in [7, 11) is 0. The number of hydrogen-bond acceptors (Lipinski definition) is 4. The number of hydrogen-bond donors (Lipinski definition) is 0. The molecule has 338 valence electrons. The smallest absolute Gasteiger partial charge is 0.133 e. The maximum Gasteiger partial charge on any atom is 0.133 e. The zero-order valence-corrected chi connectivity index (χ0v) is 38.5. The zero-order chi connectivity index (χ0) is 47.5. The second-order valence-electron chi connectivity index (χ2n) is 19.3. The fourth-order valence-electron chi connectivity index (χ4n) is 9.05. The van der Waals surface area contributed by atoms with Crippen LogP contribution >= 0.6 is 0 Å². The fourth-order valence-corrected chi connectivity index (χ4v) is 9.05. The molecule has 10 aromatic rings. The summed E-state index contributed by atoms with van der Waals surface area (Å²) in [5.74, 6) is -1.96. The molecule has 8 heteroatoms. The Labute approximate surface area is 393 Å². The van der Waals surface area contributed by atoms with Crippen LogP contribution in [0.2, 0.25) is 0 Å². The normalized spacial score (nSPS) is 12.0. The third kappa shape index (κ3) is 8.66. The van der Waals surface area contributed by atoms with Crippen LogP contribution in [0, 0.1) is 23.3 Å². The second-order valence-corrected chi connectivity index (χ2v) is 19.3. The van der Waals surface area contributed by atoms with Gasteiger partial charge in [-0.15, -0.1) is 0 Å². The molecule has 0 radical (unpaired) electrons. The average molecular weight is 905 g/mol. The van der Waals surface area contributed by atoms with E-state index in [0.717, 1.165) is 103 Å². The molecule has 0 aromatic heterocycles. The van der Waals surface area contributed by atoms with Gasteiger partial charge in [-0.1, -0.05) is 114 Å². The van der Waals surface area contributed by atoms with Crippen molar-refractivity contribution in [2.24, 2.45) is 0 Å². The Bertz CT molecular complexity index is 3210. The zero-order valence-electron chi connectivity index (χ0n) is 38.5. The highest BCUT2D eigenvalue weighted by atomic mass is 19.1. The molecule has 0 saturated heterocycles. The van der Waals surface area contributed by atoms with Crippen LogP contribution in [0.3, 0.4) is 0 Å². The van der Waals surface area contributed by atoms with Gasteiger partial charge in [0.05, 0.1) is 11.4 Å². The minimum atomic E-state index is -0.726. The van der Waals surface area contributed by atoms with E-state index < -0.39 is 23.3 Å². The van der Waals surface area contributed by atoms with Crippen LogP contribution in [-0.4, -0.2) is 0 Å². The topological polar surface area (TPSA) is 24.9 Å². The lowest BCUT2D eigenvalue weighted by molar-refractivity contribution is 0.468. The van der Waals surface area contributed by atoms with Crippen molar-refractivity contribution < 1.29 is 27.0 Å². The van der Waals surface area contributed by atoms with Gasteiger partial charge in [0.1, 0.15) is 46.3 Å². The summed E-state index contributed by atoms with van der Waals surface area (Å²) in [5, 5.41) is 6.29. The van der Waals surface area contributed by atoms with Crippen molar-refractivity contribution in [1.29, 1.82) is 0 Å².